The Morgan fingerprint density at radius 1 is 1.06 bits per heavy atom. The summed E-state index contributed by atoms with van der Waals surface area (Å²) < 4.78 is 14.1. The molecule has 3 unspecified atom stereocenters. The van der Waals surface area contributed by atoms with Crippen molar-refractivity contribution in [3.8, 4) is 0 Å². The highest BCUT2D eigenvalue weighted by molar-refractivity contribution is 6.20. The van der Waals surface area contributed by atoms with Crippen LogP contribution in [0.5, 0.6) is 0 Å². The predicted molar refractivity (Wildman–Crippen MR) is 67.6 cm³/mol. The Morgan fingerprint density at radius 3 is 2.31 bits per heavy atom. The van der Waals surface area contributed by atoms with E-state index in [1.165, 1.54) is 6.42 Å². The zero-order chi connectivity index (χ0) is 11.5. The van der Waals surface area contributed by atoms with E-state index in [1.807, 2.05) is 0 Å². The molecule has 0 aromatic heterocycles. The number of hydrogen-bond donors (Lipinski definition) is 0. The first kappa shape index (κ1) is 12.7. The Kier molecular flexibility index (Phi) is 4.52. The zero-order valence-corrected chi connectivity index (χ0v) is 11.1. The summed E-state index contributed by atoms with van der Waals surface area (Å²) in [7, 11) is 0. The van der Waals surface area contributed by atoms with Gasteiger partial charge < -0.3 is 0 Å². The largest absolute Gasteiger partial charge is 0.247 e. The van der Waals surface area contributed by atoms with Gasteiger partial charge in [0.1, 0.15) is 6.17 Å². The number of rotatable bonds is 2. The van der Waals surface area contributed by atoms with Crippen molar-refractivity contribution in [2.24, 2.45) is 17.8 Å². The third-order valence-corrected chi connectivity index (χ3v) is 5.25. The highest BCUT2D eigenvalue weighted by Crippen LogP contribution is 2.42. The van der Waals surface area contributed by atoms with E-state index in [9.17, 15) is 4.39 Å². The molecular weight excluding hydrogens is 223 g/mol. The maximum atomic E-state index is 14.1. The Balaban J connectivity index is 1.85. The summed E-state index contributed by atoms with van der Waals surface area (Å²) >= 11 is 6.11. The fraction of sp³-hybridized carbons (Fsp3) is 1.00. The first-order valence-electron chi connectivity index (χ1n) is 6.98. The van der Waals surface area contributed by atoms with E-state index in [0.717, 1.165) is 44.9 Å². The van der Waals surface area contributed by atoms with Crippen molar-refractivity contribution in [2.75, 3.05) is 0 Å². The third kappa shape index (κ3) is 2.91. The van der Waals surface area contributed by atoms with Crippen LogP contribution in [0.4, 0.5) is 4.39 Å². The predicted octanol–water partition coefficient (Wildman–Crippen LogP) is 4.95. The van der Waals surface area contributed by atoms with E-state index < -0.39 is 6.17 Å². The molecule has 0 bridgehead atoms. The average Bonchev–Trinajstić information content (AvgIpc) is 2.30. The van der Waals surface area contributed by atoms with E-state index in [2.05, 4.69) is 6.92 Å². The molecule has 2 saturated carbocycles. The SMILES string of the molecule is CCC1CCC(C2CCC(Cl)CC2)C(F)C1. The van der Waals surface area contributed by atoms with Crippen molar-refractivity contribution >= 4 is 11.6 Å². The molecule has 0 nitrogen and oxygen atoms in total. The summed E-state index contributed by atoms with van der Waals surface area (Å²) in [6.07, 6.45) is 8.35. The number of alkyl halides is 2. The molecule has 0 aromatic carbocycles. The van der Waals surface area contributed by atoms with Crippen LogP contribution < -0.4 is 0 Å². The van der Waals surface area contributed by atoms with Crippen LogP contribution in [-0.2, 0) is 0 Å². The van der Waals surface area contributed by atoms with E-state index in [4.69, 9.17) is 11.6 Å². The van der Waals surface area contributed by atoms with Gasteiger partial charge in [0, 0.05) is 5.38 Å². The van der Waals surface area contributed by atoms with Crippen LogP contribution in [0.25, 0.3) is 0 Å². The molecule has 2 rings (SSSR count). The molecule has 0 heterocycles. The lowest BCUT2D eigenvalue weighted by Crippen LogP contribution is -2.33. The van der Waals surface area contributed by atoms with Gasteiger partial charge in [0.05, 0.1) is 0 Å². The maximum absolute atomic E-state index is 14.1. The van der Waals surface area contributed by atoms with Gasteiger partial charge in [0.15, 0.2) is 0 Å². The van der Waals surface area contributed by atoms with Crippen molar-refractivity contribution in [2.45, 2.75) is 69.8 Å². The fourth-order valence-corrected chi connectivity index (χ4v) is 3.88. The van der Waals surface area contributed by atoms with Crippen molar-refractivity contribution in [1.29, 1.82) is 0 Å². The second-order valence-corrected chi connectivity index (χ2v) is 6.40. The van der Waals surface area contributed by atoms with E-state index in [0.29, 0.717) is 23.1 Å². The number of hydrogen-bond acceptors (Lipinski definition) is 0. The molecule has 0 aromatic rings. The van der Waals surface area contributed by atoms with Gasteiger partial charge >= 0.3 is 0 Å². The topological polar surface area (TPSA) is 0 Å². The van der Waals surface area contributed by atoms with Crippen molar-refractivity contribution in [3.63, 3.8) is 0 Å². The van der Waals surface area contributed by atoms with Gasteiger partial charge in [-0.3, -0.25) is 0 Å². The molecule has 0 spiro atoms. The van der Waals surface area contributed by atoms with Gasteiger partial charge in [-0.05, 0) is 62.7 Å². The second kappa shape index (κ2) is 5.71. The van der Waals surface area contributed by atoms with Crippen LogP contribution >= 0.6 is 11.6 Å². The molecule has 2 aliphatic carbocycles. The summed E-state index contributed by atoms with van der Waals surface area (Å²) in [4.78, 5) is 0. The van der Waals surface area contributed by atoms with Crippen LogP contribution in [0.15, 0.2) is 0 Å². The molecular formula is C14H24ClF. The zero-order valence-electron chi connectivity index (χ0n) is 10.3. The standard InChI is InChI=1S/C14H24ClF/c1-2-10-3-8-13(14(16)9-10)11-4-6-12(15)7-5-11/h10-14H,2-9H2,1H3. The fourth-order valence-electron chi connectivity index (χ4n) is 3.63. The van der Waals surface area contributed by atoms with Gasteiger partial charge in [-0.1, -0.05) is 13.3 Å². The first-order chi connectivity index (χ1) is 7.70. The van der Waals surface area contributed by atoms with Gasteiger partial charge in [0.2, 0.25) is 0 Å². The maximum Gasteiger partial charge on any atom is 0.103 e. The molecule has 2 heteroatoms. The quantitative estimate of drug-likeness (QED) is 0.605. The molecule has 0 amide bonds. The van der Waals surface area contributed by atoms with Gasteiger partial charge in [-0.15, -0.1) is 11.6 Å². The molecule has 0 radical (unpaired) electrons. The highest BCUT2D eigenvalue weighted by Gasteiger charge is 2.36. The Hall–Kier alpha value is 0.220. The molecule has 2 fully saturated rings. The first-order valence-corrected chi connectivity index (χ1v) is 7.42. The lowest BCUT2D eigenvalue weighted by Gasteiger charge is -2.38. The smallest absolute Gasteiger partial charge is 0.103 e. The molecule has 94 valence electrons. The lowest BCUT2D eigenvalue weighted by molar-refractivity contribution is 0.0662. The van der Waals surface area contributed by atoms with E-state index >= 15 is 0 Å². The molecule has 0 saturated heterocycles. The molecule has 0 N–H and O–H groups in total. The average molecular weight is 247 g/mol. The minimum absolute atomic E-state index is 0.354. The van der Waals surface area contributed by atoms with Crippen LogP contribution in [0.3, 0.4) is 0 Å². The summed E-state index contributed by atoms with van der Waals surface area (Å²) in [6.45, 7) is 2.19. The Bertz CT molecular complexity index is 211. The highest BCUT2D eigenvalue weighted by atomic mass is 35.5. The van der Waals surface area contributed by atoms with Crippen LogP contribution in [-0.4, -0.2) is 11.5 Å². The van der Waals surface area contributed by atoms with Crippen LogP contribution in [0.2, 0.25) is 0 Å². The summed E-state index contributed by atoms with van der Waals surface area (Å²) in [5.41, 5.74) is 0. The van der Waals surface area contributed by atoms with Crippen molar-refractivity contribution < 1.29 is 4.39 Å². The lowest BCUT2D eigenvalue weighted by atomic mass is 9.69. The van der Waals surface area contributed by atoms with E-state index in [1.54, 1.807) is 0 Å². The second-order valence-electron chi connectivity index (χ2n) is 5.78. The molecule has 16 heavy (non-hydrogen) atoms. The number of halogens is 2. The molecule has 3 atom stereocenters. The normalized spacial score (nSPS) is 45.6. The van der Waals surface area contributed by atoms with E-state index in [-0.39, 0.29) is 0 Å². The Morgan fingerprint density at radius 2 is 1.75 bits per heavy atom. The van der Waals surface area contributed by atoms with Crippen LogP contribution in [0, 0.1) is 17.8 Å². The third-order valence-electron chi connectivity index (χ3n) is 4.82. The van der Waals surface area contributed by atoms with Gasteiger partial charge in [-0.2, -0.15) is 0 Å². The molecule has 0 aliphatic heterocycles. The minimum atomic E-state index is -0.532. The monoisotopic (exact) mass is 246 g/mol. The Labute approximate surface area is 104 Å². The van der Waals surface area contributed by atoms with Crippen LogP contribution in [0.1, 0.15) is 58.3 Å². The van der Waals surface area contributed by atoms with Crippen molar-refractivity contribution in [3.05, 3.63) is 0 Å². The molecule has 2 aliphatic rings. The van der Waals surface area contributed by atoms with Gasteiger partial charge in [-0.25, -0.2) is 4.39 Å². The summed E-state index contributed by atoms with van der Waals surface area (Å²) in [6, 6.07) is 0. The summed E-state index contributed by atoms with van der Waals surface area (Å²) in [5, 5.41) is 0.362. The minimum Gasteiger partial charge on any atom is -0.247 e. The van der Waals surface area contributed by atoms with Crippen molar-refractivity contribution in [1.82, 2.24) is 0 Å². The summed E-state index contributed by atoms with van der Waals surface area (Å²) in [5.74, 6) is 1.63. The van der Waals surface area contributed by atoms with Gasteiger partial charge in [0.25, 0.3) is 0 Å².